The van der Waals surface area contributed by atoms with E-state index < -0.39 is 10.0 Å². The Balaban J connectivity index is 1.41. The molecule has 0 spiro atoms. The van der Waals surface area contributed by atoms with E-state index >= 15 is 0 Å². The number of anilines is 1. The highest BCUT2D eigenvalue weighted by Crippen LogP contribution is 2.21. The van der Waals surface area contributed by atoms with Gasteiger partial charge in [-0.1, -0.05) is 25.3 Å². The fraction of sp³-hybridized carbons (Fsp3) is 0.619. The van der Waals surface area contributed by atoms with Gasteiger partial charge in [-0.25, -0.2) is 13.2 Å². The Labute approximate surface area is 184 Å². The molecule has 1 aliphatic heterocycles. The first kappa shape index (κ1) is 23.5. The molecule has 1 saturated carbocycles. The lowest BCUT2D eigenvalue weighted by Crippen LogP contribution is -2.43. The first-order chi connectivity index (χ1) is 14.9. The molecule has 3 amide bonds. The molecule has 1 aliphatic carbocycles. The van der Waals surface area contributed by atoms with Gasteiger partial charge >= 0.3 is 6.03 Å². The summed E-state index contributed by atoms with van der Waals surface area (Å²) in [5.41, 5.74) is 0.433. The monoisotopic (exact) mass is 452 g/mol. The van der Waals surface area contributed by atoms with Crippen molar-refractivity contribution >= 4 is 27.6 Å². The highest BCUT2D eigenvalue weighted by molar-refractivity contribution is 7.89. The van der Waals surface area contributed by atoms with E-state index in [1.807, 2.05) is 0 Å². The number of nitrogens with one attached hydrogen (secondary N) is 3. The largest absolute Gasteiger partial charge is 0.379 e. The normalized spacial score (nSPS) is 18.3. The van der Waals surface area contributed by atoms with E-state index in [4.69, 9.17) is 4.74 Å². The molecule has 10 heteroatoms. The number of ether oxygens (including phenoxy) is 1. The summed E-state index contributed by atoms with van der Waals surface area (Å²) >= 11 is 0. The molecule has 0 bridgehead atoms. The Morgan fingerprint density at radius 3 is 2.58 bits per heavy atom. The van der Waals surface area contributed by atoms with Crippen LogP contribution in [0.2, 0.25) is 0 Å². The zero-order valence-electron chi connectivity index (χ0n) is 17.8. The van der Waals surface area contributed by atoms with Crippen LogP contribution in [0.25, 0.3) is 0 Å². The van der Waals surface area contributed by atoms with Gasteiger partial charge in [-0.2, -0.15) is 4.31 Å². The van der Waals surface area contributed by atoms with Crippen molar-refractivity contribution < 1.29 is 22.7 Å². The van der Waals surface area contributed by atoms with Gasteiger partial charge in [0.15, 0.2) is 0 Å². The Kier molecular flexibility index (Phi) is 8.68. The van der Waals surface area contributed by atoms with Crippen molar-refractivity contribution in [3.05, 3.63) is 24.3 Å². The smallest absolute Gasteiger partial charge is 0.315 e. The number of carbonyl (C=O) groups is 2. The van der Waals surface area contributed by atoms with Gasteiger partial charge in [0, 0.05) is 37.8 Å². The van der Waals surface area contributed by atoms with E-state index in [0.717, 1.165) is 25.7 Å². The lowest BCUT2D eigenvalue weighted by molar-refractivity contribution is -0.116. The second-order valence-electron chi connectivity index (χ2n) is 7.93. The molecule has 1 aromatic rings. The molecule has 172 valence electrons. The summed E-state index contributed by atoms with van der Waals surface area (Å²) in [5.74, 6) is -0.226. The standard InChI is InChI=1S/C21H32N4O5S/c26-20(10-5-11-22-21(27)24-17-6-2-1-3-7-17)23-18-8-4-9-19(16-18)31(28,29)25-12-14-30-15-13-25/h4,8-9,16-17H,1-3,5-7,10-15H2,(H,23,26)(H2,22,24,27). The quantitative estimate of drug-likeness (QED) is 0.522. The van der Waals surface area contributed by atoms with Crippen molar-refractivity contribution in [1.82, 2.24) is 14.9 Å². The van der Waals surface area contributed by atoms with Crippen molar-refractivity contribution in [3.63, 3.8) is 0 Å². The SMILES string of the molecule is O=C(CCCNC(=O)NC1CCCCC1)Nc1cccc(S(=O)(=O)N2CCOCC2)c1. The summed E-state index contributed by atoms with van der Waals surface area (Å²) in [4.78, 5) is 24.3. The molecule has 0 radical (unpaired) electrons. The van der Waals surface area contributed by atoms with Crippen LogP contribution in [0.1, 0.15) is 44.9 Å². The van der Waals surface area contributed by atoms with Crippen LogP contribution in [0.15, 0.2) is 29.2 Å². The molecule has 3 rings (SSSR count). The molecule has 3 N–H and O–H groups in total. The molecule has 9 nitrogen and oxygen atoms in total. The minimum absolute atomic E-state index is 0.147. The van der Waals surface area contributed by atoms with E-state index in [1.165, 1.54) is 22.9 Å². The third-order valence-electron chi connectivity index (χ3n) is 5.53. The summed E-state index contributed by atoms with van der Waals surface area (Å²) in [7, 11) is -3.62. The van der Waals surface area contributed by atoms with Gasteiger partial charge in [-0.15, -0.1) is 0 Å². The average molecular weight is 453 g/mol. The van der Waals surface area contributed by atoms with Crippen molar-refractivity contribution in [2.75, 3.05) is 38.2 Å². The molecule has 0 aromatic heterocycles. The van der Waals surface area contributed by atoms with Gasteiger partial charge in [0.2, 0.25) is 15.9 Å². The molecular formula is C21H32N4O5S. The first-order valence-electron chi connectivity index (χ1n) is 11.0. The van der Waals surface area contributed by atoms with Gasteiger partial charge in [0.25, 0.3) is 0 Å². The zero-order chi connectivity index (χ0) is 22.1. The van der Waals surface area contributed by atoms with Crippen LogP contribution in [0.4, 0.5) is 10.5 Å². The minimum atomic E-state index is -3.62. The molecule has 2 aliphatic rings. The van der Waals surface area contributed by atoms with Gasteiger partial charge in [-0.05, 0) is 37.5 Å². The summed E-state index contributed by atoms with van der Waals surface area (Å²) in [6.07, 6.45) is 6.31. The number of rotatable bonds is 8. The second-order valence-corrected chi connectivity index (χ2v) is 9.87. The topological polar surface area (TPSA) is 117 Å². The number of morpholine rings is 1. The van der Waals surface area contributed by atoms with Crippen molar-refractivity contribution in [3.8, 4) is 0 Å². The molecule has 0 unspecified atom stereocenters. The summed E-state index contributed by atoms with van der Waals surface area (Å²) in [6.45, 7) is 1.79. The maximum absolute atomic E-state index is 12.8. The number of sulfonamides is 1. The van der Waals surface area contributed by atoms with Crippen LogP contribution in [-0.4, -0.2) is 63.6 Å². The number of benzene rings is 1. The predicted molar refractivity (Wildman–Crippen MR) is 117 cm³/mol. The molecule has 1 aromatic carbocycles. The average Bonchev–Trinajstić information content (AvgIpc) is 2.78. The highest BCUT2D eigenvalue weighted by Gasteiger charge is 2.26. The fourth-order valence-electron chi connectivity index (χ4n) is 3.83. The van der Waals surface area contributed by atoms with Crippen molar-refractivity contribution in [1.29, 1.82) is 0 Å². The van der Waals surface area contributed by atoms with Crippen LogP contribution < -0.4 is 16.0 Å². The Hall–Kier alpha value is -2.17. The van der Waals surface area contributed by atoms with E-state index in [1.54, 1.807) is 12.1 Å². The van der Waals surface area contributed by atoms with Crippen molar-refractivity contribution in [2.45, 2.75) is 55.9 Å². The first-order valence-corrected chi connectivity index (χ1v) is 12.4. The van der Waals surface area contributed by atoms with E-state index in [0.29, 0.717) is 45.0 Å². The minimum Gasteiger partial charge on any atom is -0.379 e. The van der Waals surface area contributed by atoms with Gasteiger partial charge in [-0.3, -0.25) is 4.79 Å². The van der Waals surface area contributed by atoms with Crippen LogP contribution >= 0.6 is 0 Å². The third kappa shape index (κ3) is 7.19. The van der Waals surface area contributed by atoms with Crippen LogP contribution in [0, 0.1) is 0 Å². The summed E-state index contributed by atoms with van der Waals surface area (Å²) in [6, 6.07) is 6.33. The molecule has 1 heterocycles. The van der Waals surface area contributed by atoms with Crippen LogP contribution in [0.5, 0.6) is 0 Å². The zero-order valence-corrected chi connectivity index (χ0v) is 18.6. The maximum atomic E-state index is 12.8. The highest BCUT2D eigenvalue weighted by atomic mass is 32.2. The Morgan fingerprint density at radius 1 is 1.10 bits per heavy atom. The lowest BCUT2D eigenvalue weighted by Gasteiger charge is -2.26. The van der Waals surface area contributed by atoms with E-state index in [2.05, 4.69) is 16.0 Å². The van der Waals surface area contributed by atoms with Crippen LogP contribution in [-0.2, 0) is 19.6 Å². The van der Waals surface area contributed by atoms with E-state index in [-0.39, 0.29) is 29.3 Å². The third-order valence-corrected chi connectivity index (χ3v) is 7.43. The lowest BCUT2D eigenvalue weighted by atomic mass is 9.96. The second kappa shape index (κ2) is 11.4. The molecular weight excluding hydrogens is 420 g/mol. The van der Waals surface area contributed by atoms with Crippen LogP contribution in [0.3, 0.4) is 0 Å². The van der Waals surface area contributed by atoms with Gasteiger partial charge in [0.1, 0.15) is 0 Å². The summed E-state index contributed by atoms with van der Waals surface area (Å²) < 4.78 is 32.1. The predicted octanol–water partition coefficient (Wildman–Crippen LogP) is 2.06. The Bertz CT molecular complexity index is 849. The Morgan fingerprint density at radius 2 is 1.84 bits per heavy atom. The number of hydrogen-bond acceptors (Lipinski definition) is 5. The molecule has 2 fully saturated rings. The van der Waals surface area contributed by atoms with E-state index in [9.17, 15) is 18.0 Å². The number of carbonyl (C=O) groups excluding carboxylic acids is 2. The molecule has 0 atom stereocenters. The molecule has 1 saturated heterocycles. The van der Waals surface area contributed by atoms with Gasteiger partial charge in [0.05, 0.1) is 18.1 Å². The molecule has 31 heavy (non-hydrogen) atoms. The van der Waals surface area contributed by atoms with Crippen molar-refractivity contribution in [2.24, 2.45) is 0 Å². The number of hydrogen-bond donors (Lipinski definition) is 3. The maximum Gasteiger partial charge on any atom is 0.315 e. The number of urea groups is 1. The van der Waals surface area contributed by atoms with Gasteiger partial charge < -0.3 is 20.7 Å². The number of nitrogens with zero attached hydrogens (tertiary/aromatic N) is 1. The fourth-order valence-corrected chi connectivity index (χ4v) is 5.28. The number of amides is 3. The summed E-state index contributed by atoms with van der Waals surface area (Å²) in [5, 5.41) is 8.50.